The Morgan fingerprint density at radius 1 is 1.21 bits per heavy atom. The molecule has 0 fully saturated rings. The van der Waals surface area contributed by atoms with E-state index in [1.165, 1.54) is 17.0 Å². The monoisotopic (exact) mass is 447 g/mol. The Kier molecular flexibility index (Phi) is 6.39. The van der Waals surface area contributed by atoms with Gasteiger partial charge in [-0.3, -0.25) is 14.6 Å². The molecule has 0 saturated carbocycles. The van der Waals surface area contributed by atoms with E-state index in [1.54, 1.807) is 42.5 Å². The summed E-state index contributed by atoms with van der Waals surface area (Å²) >= 11 is 0. The van der Waals surface area contributed by atoms with Crippen LogP contribution in [-0.4, -0.2) is 31.8 Å². The van der Waals surface area contributed by atoms with Crippen LogP contribution in [0.1, 0.15) is 43.2 Å². The van der Waals surface area contributed by atoms with Crippen LogP contribution in [-0.2, 0) is 6.42 Å². The maximum Gasteiger partial charge on any atom is 0.256 e. The first-order chi connectivity index (χ1) is 15.9. The lowest BCUT2D eigenvalue weighted by Crippen LogP contribution is -2.19. The largest absolute Gasteiger partial charge is 0.491 e. The lowest BCUT2D eigenvalue weighted by molar-refractivity contribution is 0.102. The molecule has 9 nitrogen and oxygen atoms in total. The van der Waals surface area contributed by atoms with Crippen molar-refractivity contribution in [3.8, 4) is 23.2 Å². The Morgan fingerprint density at radius 2 is 2.00 bits per heavy atom. The second kappa shape index (κ2) is 9.56. The maximum atomic E-state index is 13.0. The van der Waals surface area contributed by atoms with E-state index in [-0.39, 0.29) is 23.5 Å². The van der Waals surface area contributed by atoms with E-state index in [0.29, 0.717) is 40.7 Å². The highest BCUT2D eigenvalue weighted by molar-refractivity contribution is 6.04. The molecule has 3 aromatic heterocycles. The standard InChI is InChI=1S/C24H25N5O4/c1-4-6-17-13-22(30)27-24(25-17)29-21(14-19(28-29)20-7-5-12-32-20)26-23(31)16-8-10-18(11-9-16)33-15(2)3/h5,7-15H,4,6H2,1-3H3,(H,26,31)(H,25,27,30). The van der Waals surface area contributed by atoms with Crippen molar-refractivity contribution in [2.24, 2.45) is 0 Å². The fourth-order valence-electron chi connectivity index (χ4n) is 3.30. The number of ether oxygens (including phenoxy) is 1. The first-order valence-electron chi connectivity index (χ1n) is 10.8. The molecular weight excluding hydrogens is 422 g/mol. The molecule has 0 spiro atoms. The molecule has 9 heteroatoms. The third kappa shape index (κ3) is 5.20. The van der Waals surface area contributed by atoms with Gasteiger partial charge in [-0.2, -0.15) is 9.78 Å². The number of H-pyrrole nitrogens is 1. The van der Waals surface area contributed by atoms with Crippen LogP contribution in [0.2, 0.25) is 0 Å². The number of benzene rings is 1. The van der Waals surface area contributed by atoms with E-state index >= 15 is 0 Å². The number of anilines is 1. The number of nitrogens with zero attached hydrogens (tertiary/aromatic N) is 3. The molecule has 0 saturated heterocycles. The third-order valence-electron chi connectivity index (χ3n) is 4.70. The number of carbonyl (C=O) groups is 1. The summed E-state index contributed by atoms with van der Waals surface area (Å²) in [6.45, 7) is 5.88. The van der Waals surface area contributed by atoms with Crippen LogP contribution in [0.4, 0.5) is 5.82 Å². The number of aromatic amines is 1. The maximum absolute atomic E-state index is 13.0. The van der Waals surface area contributed by atoms with Gasteiger partial charge in [-0.05, 0) is 56.7 Å². The molecule has 0 aliphatic carbocycles. The van der Waals surface area contributed by atoms with Crippen LogP contribution in [0.15, 0.2) is 64.0 Å². The molecule has 0 atom stereocenters. The van der Waals surface area contributed by atoms with Gasteiger partial charge in [-0.15, -0.1) is 0 Å². The summed E-state index contributed by atoms with van der Waals surface area (Å²) in [6.07, 6.45) is 3.06. The molecule has 4 aromatic rings. The quantitative estimate of drug-likeness (QED) is 0.418. The molecule has 0 unspecified atom stereocenters. The number of furan rings is 1. The number of amides is 1. The van der Waals surface area contributed by atoms with Crippen molar-refractivity contribution in [1.29, 1.82) is 0 Å². The number of aryl methyl sites for hydroxylation is 1. The van der Waals surface area contributed by atoms with Gasteiger partial charge in [0.05, 0.1) is 12.4 Å². The number of hydrogen-bond acceptors (Lipinski definition) is 6. The first kappa shape index (κ1) is 22.1. The zero-order valence-electron chi connectivity index (χ0n) is 18.7. The van der Waals surface area contributed by atoms with Crippen LogP contribution >= 0.6 is 0 Å². The van der Waals surface area contributed by atoms with Crippen molar-refractivity contribution >= 4 is 11.7 Å². The van der Waals surface area contributed by atoms with Crippen molar-refractivity contribution in [2.75, 3.05) is 5.32 Å². The summed E-state index contributed by atoms with van der Waals surface area (Å²) in [4.78, 5) is 32.4. The van der Waals surface area contributed by atoms with Gasteiger partial charge in [0, 0.05) is 23.4 Å². The summed E-state index contributed by atoms with van der Waals surface area (Å²) in [5.74, 6) is 1.41. The number of hydrogen-bond donors (Lipinski definition) is 2. The van der Waals surface area contributed by atoms with Gasteiger partial charge in [0.1, 0.15) is 17.3 Å². The Bertz CT molecular complexity index is 1290. The van der Waals surface area contributed by atoms with Crippen LogP contribution in [0.3, 0.4) is 0 Å². The second-order valence-corrected chi connectivity index (χ2v) is 7.76. The Hall–Kier alpha value is -4.14. The predicted octanol–water partition coefficient (Wildman–Crippen LogP) is 4.21. The zero-order chi connectivity index (χ0) is 23.4. The summed E-state index contributed by atoms with van der Waals surface area (Å²) in [7, 11) is 0. The Labute approximate surface area is 190 Å². The van der Waals surface area contributed by atoms with Crippen molar-refractivity contribution < 1.29 is 13.9 Å². The van der Waals surface area contributed by atoms with Crippen LogP contribution in [0, 0.1) is 0 Å². The van der Waals surface area contributed by atoms with Crippen molar-refractivity contribution in [2.45, 2.75) is 39.7 Å². The van der Waals surface area contributed by atoms with Crippen LogP contribution in [0.25, 0.3) is 17.4 Å². The topological polar surface area (TPSA) is 115 Å². The minimum atomic E-state index is -0.342. The van der Waals surface area contributed by atoms with Gasteiger partial charge in [0.15, 0.2) is 5.76 Å². The van der Waals surface area contributed by atoms with Crippen molar-refractivity contribution in [1.82, 2.24) is 19.7 Å². The molecule has 0 aliphatic heterocycles. The normalized spacial score (nSPS) is 11.0. The highest BCUT2D eigenvalue weighted by Gasteiger charge is 2.18. The molecule has 0 radical (unpaired) electrons. The van der Waals surface area contributed by atoms with E-state index in [9.17, 15) is 9.59 Å². The molecule has 1 aromatic carbocycles. The predicted molar refractivity (Wildman–Crippen MR) is 124 cm³/mol. The molecule has 0 aliphatic rings. The molecule has 4 rings (SSSR count). The molecule has 2 N–H and O–H groups in total. The summed E-state index contributed by atoms with van der Waals surface area (Å²) in [6, 6.07) is 13.5. The Morgan fingerprint density at radius 3 is 2.67 bits per heavy atom. The zero-order valence-corrected chi connectivity index (χ0v) is 18.7. The number of nitrogens with one attached hydrogen (secondary N) is 2. The fourth-order valence-corrected chi connectivity index (χ4v) is 3.30. The van der Waals surface area contributed by atoms with E-state index in [4.69, 9.17) is 9.15 Å². The summed E-state index contributed by atoms with van der Waals surface area (Å²) in [5, 5.41) is 7.37. The minimum absolute atomic E-state index is 0.0391. The van der Waals surface area contributed by atoms with Gasteiger partial charge in [-0.25, -0.2) is 4.98 Å². The smallest absolute Gasteiger partial charge is 0.256 e. The summed E-state index contributed by atoms with van der Waals surface area (Å²) in [5.41, 5.74) is 1.28. The average molecular weight is 447 g/mol. The molecular formula is C24H25N5O4. The number of aromatic nitrogens is 4. The van der Waals surface area contributed by atoms with E-state index in [1.807, 2.05) is 20.8 Å². The number of rotatable bonds is 8. The number of carbonyl (C=O) groups excluding carboxylic acids is 1. The highest BCUT2D eigenvalue weighted by Crippen LogP contribution is 2.25. The lowest BCUT2D eigenvalue weighted by atomic mass is 10.2. The first-order valence-corrected chi connectivity index (χ1v) is 10.8. The molecule has 0 bridgehead atoms. The Balaban J connectivity index is 1.69. The van der Waals surface area contributed by atoms with Gasteiger partial charge in [-0.1, -0.05) is 13.3 Å². The third-order valence-corrected chi connectivity index (χ3v) is 4.70. The SMILES string of the molecule is CCCc1cc(=O)[nH]c(-n2nc(-c3ccco3)cc2NC(=O)c2ccc(OC(C)C)cc2)n1. The van der Waals surface area contributed by atoms with E-state index in [2.05, 4.69) is 20.4 Å². The summed E-state index contributed by atoms with van der Waals surface area (Å²) < 4.78 is 12.5. The molecule has 170 valence electrons. The van der Waals surface area contributed by atoms with E-state index in [0.717, 1.165) is 6.42 Å². The van der Waals surface area contributed by atoms with Crippen LogP contribution < -0.4 is 15.6 Å². The average Bonchev–Trinajstić information content (AvgIpc) is 3.44. The highest BCUT2D eigenvalue weighted by atomic mass is 16.5. The molecule has 3 heterocycles. The van der Waals surface area contributed by atoms with Crippen molar-refractivity contribution in [3.63, 3.8) is 0 Å². The minimum Gasteiger partial charge on any atom is -0.491 e. The van der Waals surface area contributed by atoms with Gasteiger partial charge in [0.2, 0.25) is 5.95 Å². The van der Waals surface area contributed by atoms with E-state index < -0.39 is 0 Å². The second-order valence-electron chi connectivity index (χ2n) is 7.76. The van der Waals surface area contributed by atoms with Gasteiger partial charge < -0.3 is 14.5 Å². The molecule has 1 amide bonds. The lowest BCUT2D eigenvalue weighted by Gasteiger charge is -2.11. The van der Waals surface area contributed by atoms with Gasteiger partial charge in [0.25, 0.3) is 11.5 Å². The van der Waals surface area contributed by atoms with Crippen LogP contribution in [0.5, 0.6) is 5.75 Å². The van der Waals surface area contributed by atoms with Crippen molar-refractivity contribution in [3.05, 3.63) is 76.4 Å². The fraction of sp³-hybridized carbons (Fsp3) is 0.250. The van der Waals surface area contributed by atoms with Gasteiger partial charge >= 0.3 is 0 Å². The molecule has 33 heavy (non-hydrogen) atoms.